The number of nitrogens with zero attached hydrogens (tertiary/aromatic N) is 2. The third-order valence-electron chi connectivity index (χ3n) is 4.10. The van der Waals surface area contributed by atoms with Gasteiger partial charge in [0.2, 0.25) is 9.84 Å². The smallest absolute Gasteiger partial charge is 0.208 e. The van der Waals surface area contributed by atoms with Crippen LogP contribution in [0.1, 0.15) is 6.42 Å². The molecule has 3 rings (SSSR count). The summed E-state index contributed by atoms with van der Waals surface area (Å²) in [5.74, 6) is 0. The van der Waals surface area contributed by atoms with Crippen LogP contribution in [0.5, 0.6) is 0 Å². The Morgan fingerprint density at radius 1 is 0.958 bits per heavy atom. The van der Waals surface area contributed by atoms with Crippen molar-refractivity contribution in [3.05, 3.63) is 60.8 Å². The number of hydrogen-bond acceptors (Lipinski definition) is 3. The molecule has 0 amide bonds. The molecule has 0 aliphatic carbocycles. The van der Waals surface area contributed by atoms with Crippen molar-refractivity contribution in [2.24, 2.45) is 0 Å². The highest BCUT2D eigenvalue weighted by Gasteiger charge is 2.22. The zero-order chi connectivity index (χ0) is 17.2. The first kappa shape index (κ1) is 16.7. The van der Waals surface area contributed by atoms with E-state index in [0.717, 1.165) is 30.4 Å². The van der Waals surface area contributed by atoms with E-state index in [4.69, 9.17) is 0 Å². The van der Waals surface area contributed by atoms with Crippen LogP contribution in [-0.4, -0.2) is 38.5 Å². The molecule has 0 aliphatic rings. The van der Waals surface area contributed by atoms with Gasteiger partial charge in [0.1, 0.15) is 0 Å². The van der Waals surface area contributed by atoms with Crippen LogP contribution in [0.25, 0.3) is 10.9 Å². The van der Waals surface area contributed by atoms with Gasteiger partial charge in [0.15, 0.2) is 0 Å². The number of rotatable bonds is 6. The zero-order valence-corrected chi connectivity index (χ0v) is 14.8. The molecule has 1 heterocycles. The van der Waals surface area contributed by atoms with Gasteiger partial charge in [0.25, 0.3) is 0 Å². The summed E-state index contributed by atoms with van der Waals surface area (Å²) in [6.45, 7) is 1.76. The van der Waals surface area contributed by atoms with Crippen molar-refractivity contribution in [1.29, 1.82) is 0 Å². The van der Waals surface area contributed by atoms with Crippen molar-refractivity contribution in [3.63, 3.8) is 0 Å². The molecule has 4 nitrogen and oxygen atoms in total. The number of aromatic nitrogens is 1. The van der Waals surface area contributed by atoms with Gasteiger partial charge >= 0.3 is 0 Å². The van der Waals surface area contributed by atoms with Gasteiger partial charge in [0, 0.05) is 23.6 Å². The second-order valence-corrected chi connectivity index (χ2v) is 8.10. The van der Waals surface area contributed by atoms with Crippen LogP contribution >= 0.6 is 0 Å². The average molecular weight is 342 g/mol. The minimum atomic E-state index is -3.52. The molecule has 0 bridgehead atoms. The molecule has 126 valence electrons. The molecule has 0 unspecified atom stereocenters. The molecule has 24 heavy (non-hydrogen) atoms. The highest BCUT2D eigenvalue weighted by atomic mass is 32.2. The third kappa shape index (κ3) is 3.23. The van der Waals surface area contributed by atoms with E-state index in [1.54, 1.807) is 30.5 Å². The first-order valence-electron chi connectivity index (χ1n) is 8.03. The predicted molar refractivity (Wildman–Crippen MR) is 97.0 cm³/mol. The minimum absolute atomic E-state index is 0.334. The van der Waals surface area contributed by atoms with Crippen molar-refractivity contribution < 1.29 is 8.42 Å². The molecule has 5 heteroatoms. The summed E-state index contributed by atoms with van der Waals surface area (Å²) in [5, 5.41) is 0.784. The van der Waals surface area contributed by atoms with E-state index in [2.05, 4.69) is 9.47 Å². The second-order valence-electron chi connectivity index (χ2n) is 6.18. The van der Waals surface area contributed by atoms with Crippen molar-refractivity contribution in [2.75, 3.05) is 20.6 Å². The van der Waals surface area contributed by atoms with E-state index in [-0.39, 0.29) is 0 Å². The Hall–Kier alpha value is -2.11. The molecule has 0 spiro atoms. The molecular weight excluding hydrogens is 320 g/mol. The molecule has 2 aromatic carbocycles. The number of fused-ring (bicyclic) bond motifs is 1. The molecule has 0 atom stereocenters. The molecule has 0 aliphatic heterocycles. The highest BCUT2D eigenvalue weighted by Crippen LogP contribution is 2.30. The van der Waals surface area contributed by atoms with Crippen LogP contribution in [0.3, 0.4) is 0 Å². The lowest BCUT2D eigenvalue weighted by atomic mass is 10.2. The van der Waals surface area contributed by atoms with Crippen LogP contribution < -0.4 is 0 Å². The van der Waals surface area contributed by atoms with Crippen molar-refractivity contribution in [1.82, 2.24) is 9.47 Å². The fourth-order valence-electron chi connectivity index (χ4n) is 2.90. The van der Waals surface area contributed by atoms with E-state index >= 15 is 0 Å². The number of hydrogen-bond donors (Lipinski definition) is 0. The Kier molecular flexibility index (Phi) is 4.73. The van der Waals surface area contributed by atoms with Gasteiger partial charge < -0.3 is 9.47 Å². The minimum Gasteiger partial charge on any atom is -0.346 e. The van der Waals surface area contributed by atoms with Crippen molar-refractivity contribution >= 4 is 20.7 Å². The lowest BCUT2D eigenvalue weighted by Gasteiger charge is -2.10. The van der Waals surface area contributed by atoms with E-state index in [9.17, 15) is 8.42 Å². The summed E-state index contributed by atoms with van der Waals surface area (Å²) < 4.78 is 28.1. The fourth-order valence-corrected chi connectivity index (χ4v) is 4.39. The van der Waals surface area contributed by atoms with Gasteiger partial charge in [-0.25, -0.2) is 8.42 Å². The summed E-state index contributed by atoms with van der Waals surface area (Å²) in [7, 11) is 0.564. The predicted octanol–water partition coefficient (Wildman–Crippen LogP) is 3.43. The van der Waals surface area contributed by atoms with Crippen molar-refractivity contribution in [3.8, 4) is 0 Å². The van der Waals surface area contributed by atoms with Crippen LogP contribution in [-0.2, 0) is 16.4 Å². The summed E-state index contributed by atoms with van der Waals surface area (Å²) in [6, 6.07) is 16.3. The molecule has 0 N–H and O–H groups in total. The average Bonchev–Trinajstić information content (AvgIpc) is 2.95. The van der Waals surface area contributed by atoms with E-state index in [1.807, 2.05) is 44.4 Å². The number of aryl methyl sites for hydroxylation is 1. The van der Waals surface area contributed by atoms with E-state index in [1.165, 1.54) is 0 Å². The number of benzene rings is 2. The van der Waals surface area contributed by atoms with Crippen LogP contribution in [0.15, 0.2) is 70.6 Å². The Labute approximate surface area is 143 Å². The quantitative estimate of drug-likeness (QED) is 0.689. The summed E-state index contributed by atoms with van der Waals surface area (Å²) in [4.78, 5) is 2.85. The lowest BCUT2D eigenvalue weighted by molar-refractivity contribution is 0.388. The molecule has 1 aromatic heterocycles. The van der Waals surface area contributed by atoms with E-state index < -0.39 is 9.84 Å². The highest BCUT2D eigenvalue weighted by molar-refractivity contribution is 7.91. The Morgan fingerprint density at radius 2 is 1.62 bits per heavy atom. The molecule has 0 fully saturated rings. The first-order chi connectivity index (χ1) is 11.5. The monoisotopic (exact) mass is 342 g/mol. The standard InChI is InChI=1S/C19H22N2O2S/c1-20(2)13-8-14-21-15-19(17-11-6-7-12-18(17)21)24(22,23)16-9-4-3-5-10-16/h3-7,9-12,15H,8,13-14H2,1-2H3. The molecule has 0 saturated carbocycles. The molecule has 0 saturated heterocycles. The van der Waals surface area contributed by atoms with Gasteiger partial charge in [-0.3, -0.25) is 0 Å². The molecule has 0 radical (unpaired) electrons. The molecule has 3 aromatic rings. The second kappa shape index (κ2) is 6.79. The van der Waals surface area contributed by atoms with E-state index in [0.29, 0.717) is 9.79 Å². The van der Waals surface area contributed by atoms with Gasteiger partial charge in [0.05, 0.1) is 9.79 Å². The van der Waals surface area contributed by atoms with Crippen LogP contribution in [0.4, 0.5) is 0 Å². The number of sulfone groups is 1. The summed E-state index contributed by atoms with van der Waals surface area (Å²) in [5.41, 5.74) is 0.964. The van der Waals surface area contributed by atoms with Crippen LogP contribution in [0.2, 0.25) is 0 Å². The zero-order valence-electron chi connectivity index (χ0n) is 14.0. The number of para-hydroxylation sites is 1. The van der Waals surface area contributed by atoms with Crippen molar-refractivity contribution in [2.45, 2.75) is 22.8 Å². The SMILES string of the molecule is CN(C)CCCn1cc(S(=O)(=O)c2ccccc2)c2ccccc21. The van der Waals surface area contributed by atoms with Crippen LogP contribution in [0, 0.1) is 0 Å². The Bertz CT molecular complexity index is 928. The Balaban J connectivity index is 2.06. The maximum atomic E-state index is 13.0. The lowest BCUT2D eigenvalue weighted by Crippen LogP contribution is -2.14. The Morgan fingerprint density at radius 3 is 2.33 bits per heavy atom. The van der Waals surface area contributed by atoms with Gasteiger partial charge in [-0.05, 0) is 45.3 Å². The van der Waals surface area contributed by atoms with Gasteiger partial charge in [-0.2, -0.15) is 0 Å². The maximum absolute atomic E-state index is 13.0. The molecular formula is C19H22N2O2S. The largest absolute Gasteiger partial charge is 0.346 e. The first-order valence-corrected chi connectivity index (χ1v) is 9.51. The summed E-state index contributed by atoms with van der Waals surface area (Å²) in [6.07, 6.45) is 2.75. The van der Waals surface area contributed by atoms with Gasteiger partial charge in [-0.15, -0.1) is 0 Å². The van der Waals surface area contributed by atoms with Gasteiger partial charge in [-0.1, -0.05) is 36.4 Å². The fraction of sp³-hybridized carbons (Fsp3) is 0.263. The maximum Gasteiger partial charge on any atom is 0.208 e. The topological polar surface area (TPSA) is 42.3 Å². The summed E-state index contributed by atoms with van der Waals surface area (Å²) >= 11 is 0. The third-order valence-corrected chi connectivity index (χ3v) is 5.90. The normalized spacial score (nSPS) is 12.1.